The van der Waals surface area contributed by atoms with Crippen LogP contribution in [0.25, 0.3) is 10.9 Å². The first-order valence-corrected chi connectivity index (χ1v) is 8.88. The van der Waals surface area contributed by atoms with E-state index >= 15 is 0 Å². The third kappa shape index (κ3) is 3.66. The van der Waals surface area contributed by atoms with Crippen molar-refractivity contribution < 1.29 is 4.39 Å². The molecule has 3 aromatic rings. The van der Waals surface area contributed by atoms with Crippen LogP contribution in [0, 0.1) is 5.82 Å². The van der Waals surface area contributed by atoms with Crippen molar-refractivity contribution in [3.63, 3.8) is 0 Å². The zero-order valence-electron chi connectivity index (χ0n) is 14.6. The van der Waals surface area contributed by atoms with Gasteiger partial charge in [0, 0.05) is 43.7 Å². The number of nitrogens with two attached hydrogens (primary N) is 1. The number of hydrogen-bond donors (Lipinski definition) is 1. The molecule has 26 heavy (non-hydrogen) atoms. The summed E-state index contributed by atoms with van der Waals surface area (Å²) in [5.74, 6) is 1.16. The molecular weight excluding hydrogens is 329 g/mol. The highest BCUT2D eigenvalue weighted by molar-refractivity contribution is 5.87. The van der Waals surface area contributed by atoms with Gasteiger partial charge in [-0.1, -0.05) is 30.3 Å². The van der Waals surface area contributed by atoms with Crippen LogP contribution in [0.1, 0.15) is 11.4 Å². The summed E-state index contributed by atoms with van der Waals surface area (Å²) in [5.41, 5.74) is 7.71. The third-order valence-corrected chi connectivity index (χ3v) is 4.86. The molecule has 0 aliphatic carbocycles. The van der Waals surface area contributed by atoms with E-state index in [-0.39, 0.29) is 5.82 Å². The van der Waals surface area contributed by atoms with Crippen LogP contribution in [0.2, 0.25) is 0 Å². The first-order valence-electron chi connectivity index (χ1n) is 8.88. The van der Waals surface area contributed by atoms with Crippen LogP contribution in [0.5, 0.6) is 0 Å². The van der Waals surface area contributed by atoms with Gasteiger partial charge in [-0.3, -0.25) is 9.80 Å². The monoisotopic (exact) mass is 351 g/mol. The Labute approximate surface area is 152 Å². The van der Waals surface area contributed by atoms with Crippen molar-refractivity contribution in [2.45, 2.75) is 13.1 Å². The Hall–Kier alpha value is -2.57. The highest BCUT2D eigenvalue weighted by Gasteiger charge is 2.19. The van der Waals surface area contributed by atoms with E-state index in [1.165, 1.54) is 6.07 Å². The van der Waals surface area contributed by atoms with Crippen LogP contribution >= 0.6 is 0 Å². The lowest BCUT2D eigenvalue weighted by molar-refractivity contribution is 0.119. The third-order valence-electron chi connectivity index (χ3n) is 4.86. The van der Waals surface area contributed by atoms with Crippen molar-refractivity contribution in [2.75, 3.05) is 31.9 Å². The number of halogens is 1. The Bertz CT molecular complexity index is 906. The first kappa shape index (κ1) is 16.9. The molecule has 1 saturated heterocycles. The second-order valence-electron chi connectivity index (χ2n) is 6.69. The second kappa shape index (κ2) is 7.35. The Kier molecular flexibility index (Phi) is 4.77. The zero-order chi connectivity index (χ0) is 17.9. The molecule has 2 aromatic carbocycles. The molecule has 0 spiro atoms. The van der Waals surface area contributed by atoms with Gasteiger partial charge in [-0.15, -0.1) is 0 Å². The van der Waals surface area contributed by atoms with E-state index in [1.807, 2.05) is 36.4 Å². The van der Waals surface area contributed by atoms with E-state index < -0.39 is 0 Å². The summed E-state index contributed by atoms with van der Waals surface area (Å²) >= 11 is 0. The number of hydrogen-bond acceptors (Lipinski definition) is 5. The zero-order valence-corrected chi connectivity index (χ0v) is 14.6. The predicted octanol–water partition coefficient (Wildman–Crippen LogP) is 2.67. The summed E-state index contributed by atoms with van der Waals surface area (Å²) in [6, 6.07) is 14.8. The number of anilines is 1. The summed E-state index contributed by atoms with van der Waals surface area (Å²) < 4.78 is 13.8. The predicted molar refractivity (Wildman–Crippen MR) is 101 cm³/mol. The van der Waals surface area contributed by atoms with Gasteiger partial charge in [0.25, 0.3) is 0 Å². The average Bonchev–Trinajstić information content (AvgIpc) is 2.65. The van der Waals surface area contributed by atoms with Gasteiger partial charge in [-0.05, 0) is 18.2 Å². The molecule has 0 saturated carbocycles. The lowest BCUT2D eigenvalue weighted by atomic mass is 10.2. The van der Waals surface area contributed by atoms with Crippen molar-refractivity contribution in [1.29, 1.82) is 0 Å². The summed E-state index contributed by atoms with van der Waals surface area (Å²) in [6.07, 6.45) is 0. The van der Waals surface area contributed by atoms with Gasteiger partial charge in [-0.25, -0.2) is 14.4 Å². The standard InChI is InChI=1S/C20H22FN5/c21-17-7-3-1-5-15(17)13-25-9-11-26(12-10-25)14-19-23-18-8-4-2-6-16(18)20(22)24-19/h1-8H,9-14H2,(H2,22,23,24). The van der Waals surface area contributed by atoms with Gasteiger partial charge in [-0.2, -0.15) is 0 Å². The Morgan fingerprint density at radius 1 is 0.846 bits per heavy atom. The molecule has 1 aromatic heterocycles. The number of para-hydroxylation sites is 1. The van der Waals surface area contributed by atoms with E-state index in [4.69, 9.17) is 5.73 Å². The van der Waals surface area contributed by atoms with E-state index in [0.29, 0.717) is 18.9 Å². The van der Waals surface area contributed by atoms with E-state index in [0.717, 1.165) is 48.5 Å². The molecule has 0 atom stereocenters. The van der Waals surface area contributed by atoms with Crippen molar-refractivity contribution in [3.05, 3.63) is 65.7 Å². The number of nitrogen functional groups attached to an aromatic ring is 1. The van der Waals surface area contributed by atoms with Crippen LogP contribution in [0.15, 0.2) is 48.5 Å². The molecule has 134 valence electrons. The number of aromatic nitrogens is 2. The molecule has 5 nitrogen and oxygen atoms in total. The maximum atomic E-state index is 13.8. The lowest BCUT2D eigenvalue weighted by Gasteiger charge is -2.34. The number of benzene rings is 2. The van der Waals surface area contributed by atoms with Gasteiger partial charge in [0.2, 0.25) is 0 Å². The SMILES string of the molecule is Nc1nc(CN2CCN(Cc3ccccc3F)CC2)nc2ccccc12. The summed E-state index contributed by atoms with van der Waals surface area (Å²) in [4.78, 5) is 13.7. The fraction of sp³-hybridized carbons (Fsp3) is 0.300. The van der Waals surface area contributed by atoms with Gasteiger partial charge < -0.3 is 5.73 Å². The summed E-state index contributed by atoms with van der Waals surface area (Å²) in [7, 11) is 0. The average molecular weight is 351 g/mol. The smallest absolute Gasteiger partial charge is 0.145 e. The van der Waals surface area contributed by atoms with Gasteiger partial charge in [0.15, 0.2) is 0 Å². The molecule has 2 N–H and O–H groups in total. The molecular formula is C20H22FN5. The normalized spacial score (nSPS) is 16.2. The maximum Gasteiger partial charge on any atom is 0.145 e. The maximum absolute atomic E-state index is 13.8. The Morgan fingerprint density at radius 3 is 2.27 bits per heavy atom. The van der Waals surface area contributed by atoms with Crippen LogP contribution < -0.4 is 5.73 Å². The van der Waals surface area contributed by atoms with Crippen LogP contribution in [-0.4, -0.2) is 45.9 Å². The molecule has 6 heteroatoms. The summed E-state index contributed by atoms with van der Waals surface area (Å²) in [6.45, 7) is 4.95. The number of nitrogens with zero attached hydrogens (tertiary/aromatic N) is 4. The van der Waals surface area contributed by atoms with Crippen molar-refractivity contribution in [2.24, 2.45) is 0 Å². The highest BCUT2D eigenvalue weighted by Crippen LogP contribution is 2.18. The summed E-state index contributed by atoms with van der Waals surface area (Å²) in [5, 5.41) is 0.894. The minimum atomic E-state index is -0.130. The quantitative estimate of drug-likeness (QED) is 0.783. The molecule has 1 aliphatic rings. The molecule has 0 unspecified atom stereocenters. The second-order valence-corrected chi connectivity index (χ2v) is 6.69. The van der Waals surface area contributed by atoms with Crippen LogP contribution in [-0.2, 0) is 13.1 Å². The van der Waals surface area contributed by atoms with Crippen LogP contribution in [0.4, 0.5) is 10.2 Å². The van der Waals surface area contributed by atoms with Crippen molar-refractivity contribution in [1.82, 2.24) is 19.8 Å². The topological polar surface area (TPSA) is 58.3 Å². The fourth-order valence-corrected chi connectivity index (χ4v) is 3.39. The highest BCUT2D eigenvalue weighted by atomic mass is 19.1. The number of piperazine rings is 1. The lowest BCUT2D eigenvalue weighted by Crippen LogP contribution is -2.45. The molecule has 0 amide bonds. The molecule has 4 rings (SSSR count). The Balaban J connectivity index is 1.37. The molecule has 0 radical (unpaired) electrons. The molecule has 1 aliphatic heterocycles. The minimum absolute atomic E-state index is 0.130. The van der Waals surface area contributed by atoms with Gasteiger partial charge in [0.1, 0.15) is 17.5 Å². The molecule has 1 fully saturated rings. The number of fused-ring (bicyclic) bond motifs is 1. The van der Waals surface area contributed by atoms with Gasteiger partial charge in [0.05, 0.1) is 12.1 Å². The van der Waals surface area contributed by atoms with Gasteiger partial charge >= 0.3 is 0 Å². The molecule has 2 heterocycles. The van der Waals surface area contributed by atoms with E-state index in [1.54, 1.807) is 6.07 Å². The number of rotatable bonds is 4. The van der Waals surface area contributed by atoms with Crippen LogP contribution in [0.3, 0.4) is 0 Å². The van der Waals surface area contributed by atoms with E-state index in [2.05, 4.69) is 19.8 Å². The van der Waals surface area contributed by atoms with Crippen molar-refractivity contribution in [3.8, 4) is 0 Å². The fourth-order valence-electron chi connectivity index (χ4n) is 3.39. The van der Waals surface area contributed by atoms with E-state index in [9.17, 15) is 4.39 Å². The molecule has 0 bridgehead atoms. The minimum Gasteiger partial charge on any atom is -0.383 e. The largest absolute Gasteiger partial charge is 0.383 e. The Morgan fingerprint density at radius 2 is 1.50 bits per heavy atom. The first-order chi connectivity index (χ1) is 12.7. The van der Waals surface area contributed by atoms with Crippen molar-refractivity contribution >= 4 is 16.7 Å².